The normalized spacial score (nSPS) is 15.6. The molecule has 0 N–H and O–H groups in total. The number of rotatable bonds is 4. The van der Waals surface area contributed by atoms with E-state index in [4.69, 9.17) is 4.84 Å². The number of anilines is 1. The summed E-state index contributed by atoms with van der Waals surface area (Å²) in [7, 11) is 2.15. The van der Waals surface area contributed by atoms with Crippen LogP contribution < -0.4 is 4.90 Å². The van der Waals surface area contributed by atoms with Crippen LogP contribution in [0.25, 0.3) is 0 Å². The monoisotopic (exact) mass is 323 g/mol. The Morgan fingerprint density at radius 3 is 2.33 bits per heavy atom. The minimum atomic E-state index is -0.457. The summed E-state index contributed by atoms with van der Waals surface area (Å²) in [5.41, 5.74) is 2.59. The summed E-state index contributed by atoms with van der Waals surface area (Å²) in [6.07, 6.45) is 1.55. The predicted octanol–water partition coefficient (Wildman–Crippen LogP) is 2.63. The van der Waals surface area contributed by atoms with Crippen LogP contribution in [0.3, 0.4) is 0 Å². The molecule has 0 amide bonds. The first-order chi connectivity index (χ1) is 11.7. The molecule has 1 saturated heterocycles. The second-order valence-electron chi connectivity index (χ2n) is 5.86. The van der Waals surface area contributed by atoms with E-state index in [1.54, 1.807) is 30.5 Å². The maximum absolute atomic E-state index is 11.8. The summed E-state index contributed by atoms with van der Waals surface area (Å²) >= 11 is 0. The zero-order valence-electron chi connectivity index (χ0n) is 13.8. The number of piperazine rings is 1. The van der Waals surface area contributed by atoms with Gasteiger partial charge in [0.1, 0.15) is 0 Å². The molecule has 0 atom stereocenters. The molecule has 2 aromatic carbocycles. The maximum atomic E-state index is 11.8. The molecule has 5 nitrogen and oxygen atoms in total. The number of oxime groups is 1. The average molecular weight is 323 g/mol. The smallest absolute Gasteiger partial charge is 0.365 e. The minimum absolute atomic E-state index is 0.457. The molecule has 2 aromatic rings. The van der Waals surface area contributed by atoms with Crippen LogP contribution in [0.5, 0.6) is 0 Å². The summed E-state index contributed by atoms with van der Waals surface area (Å²) in [4.78, 5) is 21.4. The summed E-state index contributed by atoms with van der Waals surface area (Å²) in [6.45, 7) is 4.24. The van der Waals surface area contributed by atoms with Crippen LogP contribution in [0, 0.1) is 0 Å². The lowest BCUT2D eigenvalue weighted by atomic mass is 10.2. The van der Waals surface area contributed by atoms with E-state index in [1.165, 1.54) is 5.69 Å². The van der Waals surface area contributed by atoms with Gasteiger partial charge in [0.25, 0.3) is 0 Å². The van der Waals surface area contributed by atoms with Crippen molar-refractivity contribution in [1.29, 1.82) is 0 Å². The lowest BCUT2D eigenvalue weighted by molar-refractivity contribution is 0.0519. The van der Waals surface area contributed by atoms with Crippen molar-refractivity contribution in [2.75, 3.05) is 38.1 Å². The molecule has 124 valence electrons. The number of nitrogens with zero attached hydrogens (tertiary/aromatic N) is 3. The Kier molecular flexibility index (Phi) is 5.23. The van der Waals surface area contributed by atoms with Crippen LogP contribution in [-0.4, -0.2) is 50.3 Å². The van der Waals surface area contributed by atoms with Gasteiger partial charge in [-0.3, -0.25) is 0 Å². The standard InChI is InChI=1S/C19H21N3O2/c1-21-11-13-22(14-12-21)18-9-7-16(8-10-18)15-20-24-19(23)17-5-3-2-4-6-17/h2-10,15H,11-14H2,1H3. The molecule has 1 aliphatic heterocycles. The topological polar surface area (TPSA) is 45.1 Å². The Morgan fingerprint density at radius 1 is 1.00 bits per heavy atom. The molecule has 1 fully saturated rings. The molecule has 24 heavy (non-hydrogen) atoms. The molecule has 0 radical (unpaired) electrons. The molecule has 0 bridgehead atoms. The summed E-state index contributed by atoms with van der Waals surface area (Å²) in [5, 5.41) is 3.78. The van der Waals surface area contributed by atoms with Gasteiger partial charge in [-0.25, -0.2) is 4.79 Å². The van der Waals surface area contributed by atoms with E-state index in [9.17, 15) is 4.79 Å². The molecule has 1 heterocycles. The van der Waals surface area contributed by atoms with Crippen LogP contribution in [-0.2, 0) is 4.84 Å². The van der Waals surface area contributed by atoms with Gasteiger partial charge in [-0.15, -0.1) is 0 Å². The van der Waals surface area contributed by atoms with E-state index in [-0.39, 0.29) is 0 Å². The lowest BCUT2D eigenvalue weighted by Crippen LogP contribution is -2.44. The summed E-state index contributed by atoms with van der Waals surface area (Å²) in [6, 6.07) is 16.9. The molecule has 0 unspecified atom stereocenters. The number of likely N-dealkylation sites (N-methyl/N-ethyl adjacent to an activating group) is 1. The maximum Gasteiger partial charge on any atom is 0.365 e. The van der Waals surface area contributed by atoms with E-state index in [0.717, 1.165) is 31.7 Å². The highest BCUT2D eigenvalue weighted by Crippen LogP contribution is 2.16. The van der Waals surface area contributed by atoms with Gasteiger partial charge in [0.05, 0.1) is 11.8 Å². The molecule has 0 aromatic heterocycles. The van der Waals surface area contributed by atoms with E-state index in [1.807, 2.05) is 18.2 Å². The molecule has 0 saturated carbocycles. The quantitative estimate of drug-likeness (QED) is 0.493. The van der Waals surface area contributed by atoms with E-state index in [0.29, 0.717) is 5.56 Å². The van der Waals surface area contributed by atoms with Crippen LogP contribution >= 0.6 is 0 Å². The third kappa shape index (κ3) is 4.20. The molecule has 5 heteroatoms. The zero-order valence-corrected chi connectivity index (χ0v) is 13.8. The molecular weight excluding hydrogens is 302 g/mol. The minimum Gasteiger partial charge on any atom is -0.369 e. The van der Waals surface area contributed by atoms with Gasteiger partial charge in [0.2, 0.25) is 0 Å². The van der Waals surface area contributed by atoms with Crippen molar-refractivity contribution in [3.63, 3.8) is 0 Å². The van der Waals surface area contributed by atoms with Gasteiger partial charge >= 0.3 is 5.97 Å². The largest absolute Gasteiger partial charge is 0.369 e. The summed E-state index contributed by atoms with van der Waals surface area (Å²) in [5.74, 6) is -0.457. The van der Waals surface area contributed by atoms with E-state index < -0.39 is 5.97 Å². The van der Waals surface area contributed by atoms with Crippen molar-refractivity contribution < 1.29 is 9.63 Å². The highest BCUT2D eigenvalue weighted by Gasteiger charge is 2.13. The molecule has 3 rings (SSSR count). The average Bonchev–Trinajstić information content (AvgIpc) is 2.64. The molecular formula is C19H21N3O2. The van der Waals surface area contributed by atoms with Crippen LogP contribution in [0.15, 0.2) is 59.8 Å². The van der Waals surface area contributed by atoms with Gasteiger partial charge in [-0.2, -0.15) is 0 Å². The third-order valence-corrected chi connectivity index (χ3v) is 4.11. The van der Waals surface area contributed by atoms with Crippen LogP contribution in [0.2, 0.25) is 0 Å². The Morgan fingerprint density at radius 2 is 1.67 bits per heavy atom. The van der Waals surface area contributed by atoms with E-state index >= 15 is 0 Å². The third-order valence-electron chi connectivity index (χ3n) is 4.11. The van der Waals surface area contributed by atoms with Crippen molar-refractivity contribution >= 4 is 17.9 Å². The molecule has 0 spiro atoms. The first kappa shape index (κ1) is 16.2. The highest BCUT2D eigenvalue weighted by molar-refractivity contribution is 5.90. The number of hydrogen-bond donors (Lipinski definition) is 0. The lowest BCUT2D eigenvalue weighted by Gasteiger charge is -2.34. The number of benzene rings is 2. The molecule has 0 aliphatic carbocycles. The fourth-order valence-corrected chi connectivity index (χ4v) is 2.60. The van der Waals surface area contributed by atoms with Gasteiger partial charge in [-0.05, 0) is 36.9 Å². The fourth-order valence-electron chi connectivity index (χ4n) is 2.60. The van der Waals surface area contributed by atoms with Crippen molar-refractivity contribution in [3.05, 3.63) is 65.7 Å². The zero-order chi connectivity index (χ0) is 16.8. The second kappa shape index (κ2) is 7.75. The number of carbonyl (C=O) groups excluding carboxylic acids is 1. The summed E-state index contributed by atoms with van der Waals surface area (Å²) < 4.78 is 0. The number of hydrogen-bond acceptors (Lipinski definition) is 5. The SMILES string of the molecule is CN1CCN(c2ccc(C=NOC(=O)c3ccccc3)cc2)CC1. The first-order valence-electron chi connectivity index (χ1n) is 8.06. The Hall–Kier alpha value is -2.66. The fraction of sp³-hybridized carbons (Fsp3) is 0.263. The first-order valence-corrected chi connectivity index (χ1v) is 8.06. The Labute approximate surface area is 142 Å². The van der Waals surface area contributed by atoms with E-state index in [2.05, 4.69) is 34.1 Å². The van der Waals surface area contributed by atoms with Gasteiger partial charge < -0.3 is 14.6 Å². The van der Waals surface area contributed by atoms with Crippen molar-refractivity contribution in [2.45, 2.75) is 0 Å². The highest BCUT2D eigenvalue weighted by atomic mass is 16.7. The second-order valence-corrected chi connectivity index (χ2v) is 5.86. The van der Waals surface area contributed by atoms with Crippen molar-refractivity contribution in [2.24, 2.45) is 5.16 Å². The van der Waals surface area contributed by atoms with Crippen molar-refractivity contribution in [1.82, 2.24) is 4.90 Å². The van der Waals surface area contributed by atoms with Crippen molar-refractivity contribution in [3.8, 4) is 0 Å². The van der Waals surface area contributed by atoms with Gasteiger partial charge in [-0.1, -0.05) is 35.5 Å². The van der Waals surface area contributed by atoms with Crippen LogP contribution in [0.1, 0.15) is 15.9 Å². The van der Waals surface area contributed by atoms with Gasteiger partial charge in [0, 0.05) is 31.9 Å². The van der Waals surface area contributed by atoms with Crippen LogP contribution in [0.4, 0.5) is 5.69 Å². The predicted molar refractivity (Wildman–Crippen MR) is 95.6 cm³/mol. The Balaban J connectivity index is 1.55. The Bertz CT molecular complexity index is 690. The molecule has 1 aliphatic rings. The number of carbonyl (C=O) groups is 1. The van der Waals surface area contributed by atoms with Gasteiger partial charge in [0.15, 0.2) is 0 Å².